The van der Waals surface area contributed by atoms with E-state index in [9.17, 15) is 65.9 Å². The fraction of sp³-hybridized carbons (Fsp3) is 0.571. The van der Waals surface area contributed by atoms with Gasteiger partial charge in [0.25, 0.3) is 0 Å². The first-order valence-electron chi connectivity index (χ1n) is 6.96. The monoisotopic (exact) mass is 588 g/mol. The summed E-state index contributed by atoms with van der Waals surface area (Å²) in [6.07, 6.45) is -7.57. The molecule has 176 valence electrons. The maximum atomic E-state index is 12.9. The molecule has 0 unspecified atom stereocenters. The molecule has 30 heavy (non-hydrogen) atoms. The highest BCUT2D eigenvalue weighted by Crippen LogP contribution is 2.62. The lowest BCUT2D eigenvalue weighted by molar-refractivity contribution is -0.450. The van der Waals surface area contributed by atoms with Crippen LogP contribution in [-0.2, 0) is 0 Å². The van der Waals surface area contributed by atoms with E-state index in [0.717, 1.165) is 0 Å². The molecule has 0 aliphatic rings. The van der Waals surface area contributed by atoms with Gasteiger partial charge in [0.05, 0.1) is 4.43 Å². The SMILES string of the molecule is FC(F)(F)C(F)(F)C(F)(F)C(F)(F)C(F)(F)C(F)(F)C(F)(F)CI.c1ccccc1. The van der Waals surface area contributed by atoms with E-state index in [1.165, 1.54) is 0 Å². The van der Waals surface area contributed by atoms with Gasteiger partial charge in [0, 0.05) is 0 Å². The van der Waals surface area contributed by atoms with Crippen molar-refractivity contribution in [1.29, 1.82) is 0 Å². The molecule has 0 N–H and O–H groups in total. The average molecular weight is 588 g/mol. The van der Waals surface area contributed by atoms with Crippen LogP contribution in [0, 0.1) is 0 Å². The summed E-state index contributed by atoms with van der Waals surface area (Å²) in [5.41, 5.74) is 0. The zero-order valence-electron chi connectivity index (χ0n) is 13.7. The molecule has 0 nitrogen and oxygen atoms in total. The van der Waals surface area contributed by atoms with Crippen molar-refractivity contribution in [2.75, 3.05) is 4.43 Å². The van der Waals surface area contributed by atoms with Gasteiger partial charge in [-0.3, -0.25) is 0 Å². The predicted octanol–water partition coefficient (Wildman–Crippen LogP) is 7.48. The Bertz CT molecular complexity index is 639. The third kappa shape index (κ3) is 4.71. The van der Waals surface area contributed by atoms with Crippen LogP contribution in [0.2, 0.25) is 0 Å². The Morgan fingerprint density at radius 2 is 0.633 bits per heavy atom. The Hall–Kier alpha value is -1.10. The van der Waals surface area contributed by atoms with Gasteiger partial charge < -0.3 is 0 Å². The largest absolute Gasteiger partial charge is 0.460 e. The molecule has 0 amide bonds. The third-order valence-electron chi connectivity index (χ3n) is 3.23. The number of hydrogen-bond donors (Lipinski definition) is 0. The van der Waals surface area contributed by atoms with Crippen LogP contribution in [0.1, 0.15) is 0 Å². The maximum Gasteiger partial charge on any atom is 0.460 e. The molecule has 1 aromatic carbocycles. The van der Waals surface area contributed by atoms with Crippen molar-refractivity contribution in [3.05, 3.63) is 36.4 Å². The lowest BCUT2D eigenvalue weighted by Gasteiger charge is -2.41. The molecule has 0 bridgehead atoms. The molecule has 1 aromatic rings. The van der Waals surface area contributed by atoms with Crippen LogP contribution >= 0.6 is 22.6 Å². The van der Waals surface area contributed by atoms with E-state index < -0.39 is 46.1 Å². The lowest BCUT2D eigenvalue weighted by atomic mass is 9.91. The Labute approximate surface area is 171 Å². The van der Waals surface area contributed by atoms with Crippen LogP contribution in [0.25, 0.3) is 0 Å². The molecule has 16 heteroatoms. The van der Waals surface area contributed by atoms with Gasteiger partial charge >= 0.3 is 41.7 Å². The lowest BCUT2D eigenvalue weighted by Crippen LogP contribution is -2.72. The highest BCUT2D eigenvalue weighted by molar-refractivity contribution is 14.1. The van der Waals surface area contributed by atoms with Crippen LogP contribution in [0.4, 0.5) is 65.9 Å². The number of benzene rings is 1. The van der Waals surface area contributed by atoms with Crippen molar-refractivity contribution in [2.24, 2.45) is 0 Å². The third-order valence-corrected chi connectivity index (χ3v) is 4.19. The van der Waals surface area contributed by atoms with Gasteiger partial charge in [-0.1, -0.05) is 59.0 Å². The van der Waals surface area contributed by atoms with E-state index in [4.69, 9.17) is 0 Å². The highest BCUT2D eigenvalue weighted by atomic mass is 127. The van der Waals surface area contributed by atoms with E-state index >= 15 is 0 Å². The van der Waals surface area contributed by atoms with E-state index in [2.05, 4.69) is 0 Å². The second-order valence-electron chi connectivity index (χ2n) is 5.36. The Morgan fingerprint density at radius 3 is 0.867 bits per heavy atom. The van der Waals surface area contributed by atoms with E-state index in [1.807, 2.05) is 36.4 Å². The summed E-state index contributed by atoms with van der Waals surface area (Å²) in [5, 5.41) is 0. The zero-order valence-corrected chi connectivity index (χ0v) is 15.9. The summed E-state index contributed by atoms with van der Waals surface area (Å²) < 4.78 is 185. The molecule has 0 aromatic heterocycles. The summed E-state index contributed by atoms with van der Waals surface area (Å²) >= 11 is 0.250. The first-order chi connectivity index (χ1) is 13.1. The summed E-state index contributed by atoms with van der Waals surface area (Å²) in [5.74, 6) is -45.8. The van der Waals surface area contributed by atoms with E-state index in [1.54, 1.807) is 0 Å². The Morgan fingerprint density at radius 1 is 0.400 bits per heavy atom. The van der Waals surface area contributed by atoms with Gasteiger partial charge in [-0.05, 0) is 0 Å². The van der Waals surface area contributed by atoms with Crippen LogP contribution in [0.5, 0.6) is 0 Å². The standard InChI is InChI=1S/C8H2F15I.C6H6/c9-2(10,1-24)3(11,12)4(13,14)5(15,16)6(17,18)7(19,20)8(21,22)23;1-2-4-6-5-3-1/h1H2;1-6H. The molecule has 0 fully saturated rings. The fourth-order valence-corrected chi connectivity index (χ4v) is 1.95. The van der Waals surface area contributed by atoms with Crippen LogP contribution < -0.4 is 0 Å². The van der Waals surface area contributed by atoms with Crippen LogP contribution in [0.3, 0.4) is 0 Å². The van der Waals surface area contributed by atoms with E-state index in [0.29, 0.717) is 0 Å². The molecule has 0 heterocycles. The predicted molar refractivity (Wildman–Crippen MR) is 81.1 cm³/mol. The number of hydrogen-bond acceptors (Lipinski definition) is 0. The molecular formula is C14H8F15I. The normalized spacial score (nSPS) is 14.8. The summed E-state index contributed by atoms with van der Waals surface area (Å²) in [7, 11) is 0. The van der Waals surface area contributed by atoms with Crippen LogP contribution in [0.15, 0.2) is 36.4 Å². The molecular weight excluding hydrogens is 580 g/mol. The number of halogens is 16. The van der Waals surface area contributed by atoms with Gasteiger partial charge in [-0.15, -0.1) is 0 Å². The van der Waals surface area contributed by atoms with Gasteiger partial charge in [0.1, 0.15) is 0 Å². The van der Waals surface area contributed by atoms with Gasteiger partial charge in [0.2, 0.25) is 0 Å². The highest BCUT2D eigenvalue weighted by Gasteiger charge is 2.93. The Balaban J connectivity index is 0.00000118. The Kier molecular flexibility index (Phi) is 8.48. The molecule has 0 aliphatic carbocycles. The molecule has 0 radical (unpaired) electrons. The van der Waals surface area contributed by atoms with Crippen molar-refractivity contribution in [2.45, 2.75) is 41.7 Å². The van der Waals surface area contributed by atoms with Crippen molar-refractivity contribution >= 4 is 22.6 Å². The summed E-state index contributed by atoms with van der Waals surface area (Å²) in [6, 6.07) is 12.0. The molecule has 0 aliphatic heterocycles. The molecule has 0 atom stereocenters. The van der Waals surface area contributed by atoms with Crippen molar-refractivity contribution in [1.82, 2.24) is 0 Å². The molecule has 1 rings (SSSR count). The van der Waals surface area contributed by atoms with Crippen molar-refractivity contribution in [3.63, 3.8) is 0 Å². The summed E-state index contributed by atoms with van der Waals surface area (Å²) in [4.78, 5) is 0. The average Bonchev–Trinajstić information content (AvgIpc) is 2.61. The quantitative estimate of drug-likeness (QED) is 0.184. The fourth-order valence-electron chi connectivity index (χ4n) is 1.47. The summed E-state index contributed by atoms with van der Waals surface area (Å²) in [6.45, 7) is 0. The minimum absolute atomic E-state index is 0.250. The maximum absolute atomic E-state index is 12.9. The van der Waals surface area contributed by atoms with Crippen LogP contribution in [-0.4, -0.2) is 46.1 Å². The zero-order chi connectivity index (χ0) is 24.4. The topological polar surface area (TPSA) is 0 Å². The molecule has 0 saturated carbocycles. The smallest absolute Gasteiger partial charge is 0.199 e. The van der Waals surface area contributed by atoms with Gasteiger partial charge in [-0.2, -0.15) is 65.9 Å². The minimum Gasteiger partial charge on any atom is -0.199 e. The van der Waals surface area contributed by atoms with Gasteiger partial charge in [0.15, 0.2) is 0 Å². The minimum atomic E-state index is -8.20. The first kappa shape index (κ1) is 28.9. The second-order valence-corrected chi connectivity index (χ2v) is 6.13. The van der Waals surface area contributed by atoms with Crippen molar-refractivity contribution < 1.29 is 65.9 Å². The number of rotatable bonds is 6. The van der Waals surface area contributed by atoms with E-state index in [-0.39, 0.29) is 22.6 Å². The number of alkyl halides is 16. The van der Waals surface area contributed by atoms with Gasteiger partial charge in [-0.25, -0.2) is 0 Å². The first-order valence-corrected chi connectivity index (χ1v) is 8.48. The second kappa shape index (κ2) is 8.80. The molecule has 0 spiro atoms. The molecule has 0 saturated heterocycles. The van der Waals surface area contributed by atoms with Crippen molar-refractivity contribution in [3.8, 4) is 0 Å².